The van der Waals surface area contributed by atoms with Crippen LogP contribution in [0.1, 0.15) is 25.7 Å². The van der Waals surface area contributed by atoms with Gasteiger partial charge in [0.05, 0.1) is 27.5 Å². The molecule has 2 saturated heterocycles. The van der Waals surface area contributed by atoms with Gasteiger partial charge in [0.2, 0.25) is 5.91 Å². The molecule has 0 radical (unpaired) electrons. The van der Waals surface area contributed by atoms with E-state index >= 15 is 0 Å². The average Bonchev–Trinajstić information content (AvgIpc) is 3.26. The Bertz CT molecular complexity index is 1140. The van der Waals surface area contributed by atoms with E-state index in [1.807, 2.05) is 39.8 Å². The fourth-order valence-corrected chi connectivity index (χ4v) is 6.83. The van der Waals surface area contributed by atoms with Gasteiger partial charge in [0.15, 0.2) is 9.84 Å². The van der Waals surface area contributed by atoms with Crippen molar-refractivity contribution in [2.75, 3.05) is 0 Å². The number of piperidine rings is 1. The van der Waals surface area contributed by atoms with Gasteiger partial charge in [0, 0.05) is 12.1 Å². The van der Waals surface area contributed by atoms with Crippen LogP contribution in [0.5, 0.6) is 0 Å². The number of sulfone groups is 1. The van der Waals surface area contributed by atoms with E-state index < -0.39 is 15.1 Å². The molecule has 2 bridgehead atoms. The number of carbonyl (C=O) groups excluding carboxylic acids is 1. The van der Waals surface area contributed by atoms with E-state index in [4.69, 9.17) is 0 Å². The third kappa shape index (κ3) is 3.13. The highest BCUT2D eigenvalue weighted by Gasteiger charge is 2.47. The number of amides is 1. The number of nitrogens with zero attached hydrogens (tertiary/aromatic N) is 3. The molecule has 3 heterocycles. The first-order valence-corrected chi connectivity index (χ1v) is 11.6. The van der Waals surface area contributed by atoms with Crippen LogP contribution >= 0.6 is 0 Å². The van der Waals surface area contributed by atoms with Crippen LogP contribution in [0.2, 0.25) is 0 Å². The standard InChI is InChI=1S/C22H23N3O3S/c26-22(14-24-15-23-20-8-4-5-9-21(20)24)25-16-10-11-17(25)13-19(12-16)29(27,28)18-6-2-1-3-7-18/h1-9,15-17,19H,10-14H2/t16-,17-/m0/s1. The molecule has 2 aliphatic rings. The number of carbonyl (C=O) groups is 1. The normalized spacial score (nSPS) is 24.1. The van der Waals surface area contributed by atoms with Gasteiger partial charge in [0.1, 0.15) is 6.54 Å². The first kappa shape index (κ1) is 18.4. The number of aromatic nitrogens is 2. The molecule has 0 N–H and O–H groups in total. The second kappa shape index (κ2) is 6.99. The molecule has 0 aliphatic carbocycles. The molecule has 6 nitrogen and oxygen atoms in total. The fraction of sp³-hybridized carbons (Fsp3) is 0.364. The van der Waals surface area contributed by atoms with Crippen LogP contribution in [0.25, 0.3) is 11.0 Å². The van der Waals surface area contributed by atoms with Crippen molar-refractivity contribution in [3.63, 3.8) is 0 Å². The lowest BCUT2D eigenvalue weighted by molar-refractivity contribution is -0.136. The molecular weight excluding hydrogens is 386 g/mol. The van der Waals surface area contributed by atoms with E-state index in [1.54, 1.807) is 30.6 Å². The second-order valence-corrected chi connectivity index (χ2v) is 10.2. The topological polar surface area (TPSA) is 72.3 Å². The van der Waals surface area contributed by atoms with Crippen molar-refractivity contribution in [3.8, 4) is 0 Å². The van der Waals surface area contributed by atoms with Crippen molar-refractivity contribution in [1.29, 1.82) is 0 Å². The summed E-state index contributed by atoms with van der Waals surface area (Å²) in [5.74, 6) is 0.0520. The molecule has 0 spiro atoms. The van der Waals surface area contributed by atoms with Gasteiger partial charge in [-0.25, -0.2) is 13.4 Å². The van der Waals surface area contributed by atoms with E-state index in [-0.39, 0.29) is 24.5 Å². The van der Waals surface area contributed by atoms with Gasteiger partial charge >= 0.3 is 0 Å². The molecular formula is C22H23N3O3S. The minimum Gasteiger partial charge on any atom is -0.335 e. The fourth-order valence-electron chi connectivity index (χ4n) is 4.95. The summed E-state index contributed by atoms with van der Waals surface area (Å²) in [6, 6.07) is 16.4. The smallest absolute Gasteiger partial charge is 0.243 e. The molecule has 150 valence electrons. The Morgan fingerprint density at radius 2 is 1.62 bits per heavy atom. The Hall–Kier alpha value is -2.67. The summed E-state index contributed by atoms with van der Waals surface area (Å²) in [4.78, 5) is 19.8. The molecule has 0 saturated carbocycles. The minimum absolute atomic E-state index is 0.000442. The van der Waals surface area contributed by atoms with Crippen molar-refractivity contribution in [2.45, 2.75) is 54.5 Å². The number of imidazole rings is 1. The van der Waals surface area contributed by atoms with Gasteiger partial charge in [-0.1, -0.05) is 30.3 Å². The van der Waals surface area contributed by atoms with Gasteiger partial charge in [-0.05, 0) is 49.9 Å². The van der Waals surface area contributed by atoms with Crippen LogP contribution in [-0.4, -0.2) is 46.1 Å². The minimum atomic E-state index is -3.37. The Balaban J connectivity index is 1.35. The van der Waals surface area contributed by atoms with E-state index in [0.29, 0.717) is 17.7 Å². The first-order valence-electron chi connectivity index (χ1n) is 10.0. The first-order chi connectivity index (χ1) is 14.0. The quantitative estimate of drug-likeness (QED) is 0.664. The summed E-state index contributed by atoms with van der Waals surface area (Å²) in [7, 11) is -3.37. The highest BCUT2D eigenvalue weighted by Crippen LogP contribution is 2.40. The molecule has 29 heavy (non-hydrogen) atoms. The Morgan fingerprint density at radius 3 is 2.34 bits per heavy atom. The number of benzene rings is 2. The molecule has 3 aromatic rings. The van der Waals surface area contributed by atoms with E-state index in [2.05, 4.69) is 4.98 Å². The zero-order valence-corrected chi connectivity index (χ0v) is 16.8. The van der Waals surface area contributed by atoms with Crippen LogP contribution in [0.3, 0.4) is 0 Å². The average molecular weight is 410 g/mol. The lowest BCUT2D eigenvalue weighted by Gasteiger charge is -2.38. The zero-order chi connectivity index (χ0) is 20.0. The van der Waals surface area contributed by atoms with Crippen molar-refractivity contribution in [2.24, 2.45) is 0 Å². The highest BCUT2D eigenvalue weighted by molar-refractivity contribution is 7.92. The van der Waals surface area contributed by atoms with Gasteiger partial charge in [0.25, 0.3) is 0 Å². The predicted molar refractivity (Wildman–Crippen MR) is 110 cm³/mol. The van der Waals surface area contributed by atoms with E-state index in [9.17, 15) is 13.2 Å². The number of rotatable bonds is 4. The third-order valence-corrected chi connectivity index (χ3v) is 8.51. The maximum Gasteiger partial charge on any atom is 0.243 e. The van der Waals surface area contributed by atoms with Crippen molar-refractivity contribution in [3.05, 3.63) is 60.9 Å². The summed E-state index contributed by atoms with van der Waals surface area (Å²) in [5.41, 5.74) is 1.81. The maximum atomic E-state index is 13.1. The molecule has 5 rings (SSSR count). The Kier molecular flexibility index (Phi) is 4.42. The monoisotopic (exact) mass is 409 g/mol. The van der Waals surface area contributed by atoms with Crippen molar-refractivity contribution in [1.82, 2.24) is 14.5 Å². The molecule has 0 unspecified atom stereocenters. The van der Waals surface area contributed by atoms with E-state index in [1.165, 1.54) is 0 Å². The van der Waals surface area contributed by atoms with Gasteiger partial charge < -0.3 is 9.47 Å². The number of hydrogen-bond donors (Lipinski definition) is 0. The lowest BCUT2D eigenvalue weighted by atomic mass is 10.0. The van der Waals surface area contributed by atoms with Gasteiger partial charge in [-0.2, -0.15) is 0 Å². The summed E-state index contributed by atoms with van der Waals surface area (Å²) in [6.45, 7) is 0.240. The summed E-state index contributed by atoms with van der Waals surface area (Å²) >= 11 is 0. The van der Waals surface area contributed by atoms with E-state index in [0.717, 1.165) is 23.9 Å². The summed E-state index contributed by atoms with van der Waals surface area (Å²) < 4.78 is 28.0. The molecule has 2 fully saturated rings. The zero-order valence-electron chi connectivity index (χ0n) is 16.0. The van der Waals surface area contributed by atoms with Crippen LogP contribution in [-0.2, 0) is 21.2 Å². The molecule has 2 aliphatic heterocycles. The Labute approximate surface area is 170 Å². The van der Waals surface area contributed by atoms with Crippen LogP contribution in [0.15, 0.2) is 65.8 Å². The summed E-state index contributed by atoms with van der Waals surface area (Å²) in [6.07, 6.45) is 4.50. The van der Waals surface area contributed by atoms with Gasteiger partial charge in [-0.3, -0.25) is 4.79 Å². The van der Waals surface area contributed by atoms with Crippen LogP contribution in [0, 0.1) is 0 Å². The van der Waals surface area contributed by atoms with Crippen LogP contribution in [0.4, 0.5) is 0 Å². The second-order valence-electron chi connectivity index (χ2n) is 8.00. The number of hydrogen-bond acceptors (Lipinski definition) is 4. The molecule has 1 amide bonds. The lowest BCUT2D eigenvalue weighted by Crippen LogP contribution is -2.50. The molecule has 2 aromatic carbocycles. The molecule has 7 heteroatoms. The van der Waals surface area contributed by atoms with Crippen LogP contribution < -0.4 is 0 Å². The van der Waals surface area contributed by atoms with Crippen molar-refractivity contribution >= 4 is 26.8 Å². The Morgan fingerprint density at radius 1 is 0.966 bits per heavy atom. The van der Waals surface area contributed by atoms with Crippen molar-refractivity contribution < 1.29 is 13.2 Å². The SMILES string of the molecule is O=C(Cn1cnc2ccccc21)N1[C@H]2CC[C@H]1CC(S(=O)(=O)c1ccccc1)C2. The largest absolute Gasteiger partial charge is 0.335 e. The highest BCUT2D eigenvalue weighted by atomic mass is 32.2. The number of para-hydroxylation sites is 2. The molecule has 2 atom stereocenters. The maximum absolute atomic E-state index is 13.1. The summed E-state index contributed by atoms with van der Waals surface area (Å²) in [5, 5.41) is -0.416. The van der Waals surface area contributed by atoms with Gasteiger partial charge in [-0.15, -0.1) is 0 Å². The number of fused-ring (bicyclic) bond motifs is 3. The predicted octanol–water partition coefficient (Wildman–Crippen LogP) is 3.03. The molecule has 1 aromatic heterocycles. The third-order valence-electron chi connectivity index (χ3n) is 6.32.